The minimum Gasteiger partial charge on any atom is -0.320 e. The van der Waals surface area contributed by atoms with Crippen LogP contribution in [0.1, 0.15) is 24.5 Å². The molecule has 1 N–H and O–H groups in total. The zero-order chi connectivity index (χ0) is 11.5. The molecule has 1 aromatic carbocycles. The van der Waals surface area contributed by atoms with Crippen molar-refractivity contribution < 1.29 is 0 Å². The average Bonchev–Trinajstić information content (AvgIpc) is 2.67. The summed E-state index contributed by atoms with van der Waals surface area (Å²) in [6.07, 6.45) is 2.26. The zero-order valence-corrected chi connectivity index (χ0v) is 10.7. The van der Waals surface area contributed by atoms with E-state index in [0.717, 1.165) is 25.1 Å². The smallest absolute Gasteiger partial charge is 0.160 e. The molecule has 0 amide bonds. The van der Waals surface area contributed by atoms with Gasteiger partial charge in [-0.3, -0.25) is 5.41 Å². The maximum absolute atomic E-state index is 7.93. The molecule has 2 rings (SSSR count). The Morgan fingerprint density at radius 2 is 2.25 bits per heavy atom. The van der Waals surface area contributed by atoms with Crippen molar-refractivity contribution >= 4 is 22.6 Å². The fraction of sp³-hybridized carbons (Fsp3) is 0.462. The summed E-state index contributed by atoms with van der Waals surface area (Å²) in [6.45, 7) is 5.30. The summed E-state index contributed by atoms with van der Waals surface area (Å²) in [5, 5.41) is 8.63. The van der Waals surface area contributed by atoms with Gasteiger partial charge in [-0.2, -0.15) is 0 Å². The summed E-state index contributed by atoms with van der Waals surface area (Å²) >= 11 is 1.64. The molecular weight excluding hydrogens is 216 g/mol. The number of benzene rings is 1. The van der Waals surface area contributed by atoms with Gasteiger partial charge in [-0.05, 0) is 30.5 Å². The lowest BCUT2D eigenvalue weighted by Gasteiger charge is -2.21. The van der Waals surface area contributed by atoms with Crippen LogP contribution in [-0.4, -0.2) is 17.5 Å². The van der Waals surface area contributed by atoms with Gasteiger partial charge >= 0.3 is 0 Å². The van der Waals surface area contributed by atoms with Crippen molar-refractivity contribution in [2.75, 3.05) is 17.2 Å². The van der Waals surface area contributed by atoms with Gasteiger partial charge in [0.05, 0.1) is 0 Å². The van der Waals surface area contributed by atoms with Crippen molar-refractivity contribution in [3.63, 3.8) is 0 Å². The van der Waals surface area contributed by atoms with E-state index in [-0.39, 0.29) is 0 Å². The molecule has 0 aromatic heterocycles. The van der Waals surface area contributed by atoms with Crippen molar-refractivity contribution in [3.8, 4) is 0 Å². The summed E-state index contributed by atoms with van der Waals surface area (Å²) in [5.74, 6) is 1.04. The van der Waals surface area contributed by atoms with E-state index in [4.69, 9.17) is 5.41 Å². The molecule has 86 valence electrons. The fourth-order valence-corrected chi connectivity index (χ4v) is 2.86. The molecule has 16 heavy (non-hydrogen) atoms. The number of amidine groups is 1. The lowest BCUT2D eigenvalue weighted by Crippen LogP contribution is -2.24. The molecule has 2 nitrogen and oxygen atoms in total. The van der Waals surface area contributed by atoms with E-state index < -0.39 is 0 Å². The molecule has 0 saturated carbocycles. The first-order valence-electron chi connectivity index (χ1n) is 5.80. The van der Waals surface area contributed by atoms with Gasteiger partial charge in [0.1, 0.15) is 0 Å². The molecule has 1 aromatic rings. The number of hydrogen-bond donors (Lipinski definition) is 1. The normalized spacial score (nSPS) is 15.9. The van der Waals surface area contributed by atoms with E-state index in [1.165, 1.54) is 16.8 Å². The predicted octanol–water partition coefficient (Wildman–Crippen LogP) is 3.44. The highest BCUT2D eigenvalue weighted by Gasteiger charge is 2.21. The van der Waals surface area contributed by atoms with Crippen molar-refractivity contribution in [1.82, 2.24) is 0 Å². The molecule has 0 atom stereocenters. The molecule has 0 unspecified atom stereocenters. The van der Waals surface area contributed by atoms with Crippen molar-refractivity contribution in [3.05, 3.63) is 29.3 Å². The van der Waals surface area contributed by atoms with Gasteiger partial charge in [-0.25, -0.2) is 0 Å². The Morgan fingerprint density at radius 1 is 1.44 bits per heavy atom. The van der Waals surface area contributed by atoms with Crippen LogP contribution in [0.4, 0.5) is 5.69 Å². The summed E-state index contributed by atoms with van der Waals surface area (Å²) in [6, 6.07) is 6.59. The van der Waals surface area contributed by atoms with Crippen LogP contribution >= 0.6 is 11.8 Å². The van der Waals surface area contributed by atoms with Gasteiger partial charge in [0.2, 0.25) is 0 Å². The fourth-order valence-electron chi connectivity index (χ4n) is 2.05. The highest BCUT2D eigenvalue weighted by atomic mass is 32.2. The Bertz CT molecular complexity index is 401. The first kappa shape index (κ1) is 11.5. The highest BCUT2D eigenvalue weighted by Crippen LogP contribution is 2.29. The van der Waals surface area contributed by atoms with E-state index in [2.05, 4.69) is 36.9 Å². The minimum absolute atomic E-state index is 0.697. The van der Waals surface area contributed by atoms with Gasteiger partial charge in [0, 0.05) is 18.0 Å². The zero-order valence-electron chi connectivity index (χ0n) is 9.92. The molecule has 0 spiro atoms. The average molecular weight is 234 g/mol. The molecule has 1 aliphatic rings. The van der Waals surface area contributed by atoms with Gasteiger partial charge in [-0.15, -0.1) is 0 Å². The third-order valence-electron chi connectivity index (χ3n) is 2.85. The Morgan fingerprint density at radius 3 is 2.88 bits per heavy atom. The maximum Gasteiger partial charge on any atom is 0.160 e. The van der Waals surface area contributed by atoms with Crippen LogP contribution in [0.15, 0.2) is 18.2 Å². The number of hydrogen-bond acceptors (Lipinski definition) is 2. The van der Waals surface area contributed by atoms with Crippen LogP contribution in [0.3, 0.4) is 0 Å². The highest BCUT2D eigenvalue weighted by molar-refractivity contribution is 8.14. The Hall–Kier alpha value is -0.960. The second-order valence-electron chi connectivity index (χ2n) is 4.19. The van der Waals surface area contributed by atoms with E-state index in [1.807, 2.05) is 0 Å². The molecule has 1 fully saturated rings. The third-order valence-corrected chi connectivity index (χ3v) is 3.73. The number of nitrogens with zero attached hydrogens (tertiary/aromatic N) is 1. The molecule has 3 heteroatoms. The second kappa shape index (κ2) is 4.91. The van der Waals surface area contributed by atoms with E-state index in [1.54, 1.807) is 11.8 Å². The van der Waals surface area contributed by atoms with E-state index in [0.29, 0.717) is 5.17 Å². The molecule has 1 aliphatic heterocycles. The lowest BCUT2D eigenvalue weighted by atomic mass is 10.0. The van der Waals surface area contributed by atoms with Crippen molar-refractivity contribution in [2.45, 2.75) is 26.7 Å². The summed E-state index contributed by atoms with van der Waals surface area (Å²) in [7, 11) is 0. The third kappa shape index (κ3) is 2.24. The second-order valence-corrected chi connectivity index (χ2v) is 5.27. The van der Waals surface area contributed by atoms with Crippen molar-refractivity contribution in [1.29, 1.82) is 5.41 Å². The first-order chi connectivity index (χ1) is 7.72. The Balaban J connectivity index is 2.36. The van der Waals surface area contributed by atoms with E-state index in [9.17, 15) is 0 Å². The number of nitrogens with one attached hydrogen (secondary N) is 1. The van der Waals surface area contributed by atoms with Crippen LogP contribution < -0.4 is 4.90 Å². The number of anilines is 1. The molecule has 1 saturated heterocycles. The van der Waals surface area contributed by atoms with Gasteiger partial charge < -0.3 is 4.90 Å². The van der Waals surface area contributed by atoms with Gasteiger partial charge in [0.25, 0.3) is 0 Å². The standard InChI is InChI=1S/C13H18N2S/c1-3-4-11-6-5-10(2)9-12(11)15-7-8-16-13(15)14/h5-6,9,14H,3-4,7-8H2,1-2H3. The Kier molecular flexibility index (Phi) is 3.54. The largest absolute Gasteiger partial charge is 0.320 e. The topological polar surface area (TPSA) is 27.1 Å². The molecular formula is C13H18N2S. The summed E-state index contributed by atoms with van der Waals surface area (Å²) in [4.78, 5) is 2.14. The SMILES string of the molecule is CCCc1ccc(C)cc1N1CCSC1=N. The molecule has 0 aliphatic carbocycles. The number of aryl methyl sites for hydroxylation is 2. The predicted molar refractivity (Wildman–Crippen MR) is 72.7 cm³/mol. The van der Waals surface area contributed by atoms with Gasteiger partial charge in [-0.1, -0.05) is 37.2 Å². The van der Waals surface area contributed by atoms with Crippen LogP contribution in [0, 0.1) is 12.3 Å². The number of rotatable bonds is 3. The molecule has 0 bridgehead atoms. The van der Waals surface area contributed by atoms with Crippen molar-refractivity contribution in [2.24, 2.45) is 0 Å². The molecule has 0 radical (unpaired) electrons. The van der Waals surface area contributed by atoms with Crippen LogP contribution in [0.5, 0.6) is 0 Å². The van der Waals surface area contributed by atoms with Gasteiger partial charge in [0.15, 0.2) is 5.17 Å². The Labute approximate surface area is 102 Å². The maximum atomic E-state index is 7.93. The lowest BCUT2D eigenvalue weighted by molar-refractivity contribution is 0.912. The monoisotopic (exact) mass is 234 g/mol. The molecule has 1 heterocycles. The summed E-state index contributed by atoms with van der Waals surface area (Å²) in [5.41, 5.74) is 3.90. The first-order valence-corrected chi connectivity index (χ1v) is 6.79. The van der Waals surface area contributed by atoms with Crippen LogP contribution in [0.25, 0.3) is 0 Å². The number of thioether (sulfide) groups is 1. The quantitative estimate of drug-likeness (QED) is 0.867. The summed E-state index contributed by atoms with van der Waals surface area (Å²) < 4.78 is 0. The van der Waals surface area contributed by atoms with Crippen LogP contribution in [0.2, 0.25) is 0 Å². The van der Waals surface area contributed by atoms with E-state index >= 15 is 0 Å². The van der Waals surface area contributed by atoms with Crippen LogP contribution in [-0.2, 0) is 6.42 Å². The minimum atomic E-state index is 0.697.